The van der Waals surface area contributed by atoms with E-state index in [1.165, 1.54) is 6.26 Å². The molecule has 0 radical (unpaired) electrons. The normalized spacial score (nSPS) is 10.6. The predicted molar refractivity (Wildman–Crippen MR) is 93.2 cm³/mol. The topological polar surface area (TPSA) is 74.6 Å². The van der Waals surface area contributed by atoms with Gasteiger partial charge in [0.1, 0.15) is 0 Å². The van der Waals surface area contributed by atoms with Crippen molar-refractivity contribution in [1.82, 2.24) is 10.2 Å². The van der Waals surface area contributed by atoms with Gasteiger partial charge in [0.25, 0.3) is 11.8 Å². The number of hydrogen-bond acceptors (Lipinski definition) is 4. The van der Waals surface area contributed by atoms with Gasteiger partial charge in [-0.25, -0.2) is 0 Å². The number of carbonyl (C=O) groups excluding carboxylic acids is 2. The van der Waals surface area contributed by atoms with Crippen LogP contribution in [0.1, 0.15) is 34.8 Å². The Hall–Kier alpha value is -2.60. The van der Waals surface area contributed by atoms with Crippen LogP contribution in [0.15, 0.2) is 47.1 Å². The standard InChI is InChI=1S/C18H23N3O3/c1-3-21(4-2)11-10-19-17(22)14-7-5-8-15(13-14)20-18(23)16-9-6-12-24-16/h5-9,12-13H,3-4,10-11H2,1-2H3,(H,19,22)(H,20,23). The molecule has 0 aliphatic heterocycles. The van der Waals surface area contributed by atoms with E-state index < -0.39 is 0 Å². The molecule has 0 spiro atoms. The van der Waals surface area contributed by atoms with E-state index in [1.54, 1.807) is 36.4 Å². The van der Waals surface area contributed by atoms with E-state index in [0.717, 1.165) is 19.6 Å². The van der Waals surface area contributed by atoms with E-state index >= 15 is 0 Å². The SMILES string of the molecule is CCN(CC)CCNC(=O)c1cccc(NC(=O)c2ccco2)c1. The number of hydrogen-bond donors (Lipinski definition) is 2. The Bertz CT molecular complexity index is 664. The number of furan rings is 1. The maximum atomic E-state index is 12.2. The van der Waals surface area contributed by atoms with Gasteiger partial charge in [-0.1, -0.05) is 19.9 Å². The molecular weight excluding hydrogens is 306 g/mol. The van der Waals surface area contributed by atoms with Gasteiger partial charge in [0.15, 0.2) is 5.76 Å². The first-order chi connectivity index (χ1) is 11.6. The van der Waals surface area contributed by atoms with Crippen LogP contribution in [0.4, 0.5) is 5.69 Å². The fraction of sp³-hybridized carbons (Fsp3) is 0.333. The van der Waals surface area contributed by atoms with Crippen molar-refractivity contribution in [2.75, 3.05) is 31.5 Å². The van der Waals surface area contributed by atoms with Gasteiger partial charge < -0.3 is 20.0 Å². The van der Waals surface area contributed by atoms with Crippen molar-refractivity contribution < 1.29 is 14.0 Å². The number of anilines is 1. The molecule has 0 aliphatic rings. The summed E-state index contributed by atoms with van der Waals surface area (Å²) in [6.07, 6.45) is 1.44. The fourth-order valence-electron chi connectivity index (χ4n) is 2.31. The molecule has 0 bridgehead atoms. The second-order valence-electron chi connectivity index (χ2n) is 5.30. The molecule has 1 aromatic carbocycles. The van der Waals surface area contributed by atoms with E-state index in [2.05, 4.69) is 29.4 Å². The van der Waals surface area contributed by atoms with E-state index in [4.69, 9.17) is 4.42 Å². The second-order valence-corrected chi connectivity index (χ2v) is 5.30. The molecule has 1 heterocycles. The Labute approximate surface area is 141 Å². The second kappa shape index (κ2) is 8.88. The molecule has 6 heteroatoms. The lowest BCUT2D eigenvalue weighted by atomic mass is 10.2. The molecule has 2 aromatic rings. The first kappa shape index (κ1) is 17.7. The van der Waals surface area contributed by atoms with Crippen molar-refractivity contribution in [2.45, 2.75) is 13.8 Å². The van der Waals surface area contributed by atoms with E-state index in [0.29, 0.717) is 17.8 Å². The molecular formula is C18H23N3O3. The molecule has 0 saturated heterocycles. The summed E-state index contributed by atoms with van der Waals surface area (Å²) >= 11 is 0. The zero-order chi connectivity index (χ0) is 17.4. The van der Waals surface area contributed by atoms with Crippen molar-refractivity contribution in [2.24, 2.45) is 0 Å². The summed E-state index contributed by atoms with van der Waals surface area (Å²) in [6.45, 7) is 7.51. The molecule has 0 fully saturated rings. The Morgan fingerprint density at radius 1 is 1.08 bits per heavy atom. The van der Waals surface area contributed by atoms with Crippen LogP contribution in [0.25, 0.3) is 0 Å². The molecule has 6 nitrogen and oxygen atoms in total. The van der Waals surface area contributed by atoms with Crippen LogP contribution in [-0.2, 0) is 0 Å². The number of nitrogens with zero attached hydrogens (tertiary/aromatic N) is 1. The van der Waals surface area contributed by atoms with Crippen molar-refractivity contribution in [1.29, 1.82) is 0 Å². The van der Waals surface area contributed by atoms with E-state index in [9.17, 15) is 9.59 Å². The third kappa shape index (κ3) is 4.96. The number of benzene rings is 1. The summed E-state index contributed by atoms with van der Waals surface area (Å²) in [5.41, 5.74) is 1.06. The van der Waals surface area contributed by atoms with Crippen molar-refractivity contribution in [3.63, 3.8) is 0 Å². The molecule has 2 rings (SSSR count). The molecule has 128 valence electrons. The van der Waals surface area contributed by atoms with Gasteiger partial charge in [0.2, 0.25) is 0 Å². The summed E-state index contributed by atoms with van der Waals surface area (Å²) in [7, 11) is 0. The first-order valence-electron chi connectivity index (χ1n) is 8.09. The molecule has 0 atom stereocenters. The van der Waals surface area contributed by atoms with Gasteiger partial charge in [0.05, 0.1) is 6.26 Å². The lowest BCUT2D eigenvalue weighted by Crippen LogP contribution is -2.34. The van der Waals surface area contributed by atoms with Gasteiger partial charge >= 0.3 is 0 Å². The van der Waals surface area contributed by atoms with Crippen molar-refractivity contribution in [3.8, 4) is 0 Å². The zero-order valence-corrected chi connectivity index (χ0v) is 14.0. The van der Waals surface area contributed by atoms with Crippen LogP contribution in [0, 0.1) is 0 Å². The highest BCUT2D eigenvalue weighted by Crippen LogP contribution is 2.12. The lowest BCUT2D eigenvalue weighted by molar-refractivity contribution is 0.0947. The van der Waals surface area contributed by atoms with Crippen LogP contribution < -0.4 is 10.6 Å². The van der Waals surface area contributed by atoms with E-state index in [1.807, 2.05) is 0 Å². The maximum Gasteiger partial charge on any atom is 0.291 e. The van der Waals surface area contributed by atoms with Gasteiger partial charge in [-0.3, -0.25) is 9.59 Å². The molecule has 0 aliphatic carbocycles. The largest absolute Gasteiger partial charge is 0.459 e. The molecule has 0 unspecified atom stereocenters. The Kier molecular flexibility index (Phi) is 6.57. The number of carbonyl (C=O) groups is 2. The lowest BCUT2D eigenvalue weighted by Gasteiger charge is -2.18. The van der Waals surface area contributed by atoms with Crippen LogP contribution in [0.5, 0.6) is 0 Å². The van der Waals surface area contributed by atoms with Crippen LogP contribution in [-0.4, -0.2) is 42.9 Å². The van der Waals surface area contributed by atoms with Crippen LogP contribution >= 0.6 is 0 Å². The third-order valence-electron chi connectivity index (χ3n) is 3.74. The summed E-state index contributed by atoms with van der Waals surface area (Å²) < 4.78 is 5.05. The van der Waals surface area contributed by atoms with Gasteiger partial charge in [-0.05, 0) is 43.4 Å². The average Bonchev–Trinajstić information content (AvgIpc) is 3.13. The van der Waals surface area contributed by atoms with Crippen LogP contribution in [0.3, 0.4) is 0 Å². The van der Waals surface area contributed by atoms with Crippen LogP contribution in [0.2, 0.25) is 0 Å². The summed E-state index contributed by atoms with van der Waals surface area (Å²) in [5.74, 6) is -0.278. The predicted octanol–water partition coefficient (Wildman–Crippen LogP) is 2.60. The molecule has 24 heavy (non-hydrogen) atoms. The molecule has 2 amide bonds. The Morgan fingerprint density at radius 3 is 2.54 bits per heavy atom. The fourth-order valence-corrected chi connectivity index (χ4v) is 2.31. The van der Waals surface area contributed by atoms with Gasteiger partial charge in [-0.2, -0.15) is 0 Å². The summed E-state index contributed by atoms with van der Waals surface area (Å²) in [6, 6.07) is 10.1. The Morgan fingerprint density at radius 2 is 1.88 bits per heavy atom. The third-order valence-corrected chi connectivity index (χ3v) is 3.74. The van der Waals surface area contributed by atoms with Crippen molar-refractivity contribution >= 4 is 17.5 Å². The summed E-state index contributed by atoms with van der Waals surface area (Å²) in [4.78, 5) is 26.4. The maximum absolute atomic E-state index is 12.2. The number of nitrogens with one attached hydrogen (secondary N) is 2. The number of amides is 2. The van der Waals surface area contributed by atoms with Crippen molar-refractivity contribution in [3.05, 3.63) is 54.0 Å². The minimum atomic E-state index is -0.348. The highest BCUT2D eigenvalue weighted by atomic mass is 16.3. The van der Waals surface area contributed by atoms with Gasteiger partial charge in [0, 0.05) is 24.3 Å². The van der Waals surface area contributed by atoms with E-state index in [-0.39, 0.29) is 17.6 Å². The number of likely N-dealkylation sites (N-methyl/N-ethyl adjacent to an activating group) is 1. The minimum Gasteiger partial charge on any atom is -0.459 e. The minimum absolute atomic E-state index is 0.156. The number of rotatable bonds is 8. The summed E-state index contributed by atoms with van der Waals surface area (Å²) in [5, 5.41) is 5.61. The molecule has 0 saturated carbocycles. The molecule has 1 aromatic heterocycles. The smallest absolute Gasteiger partial charge is 0.291 e. The monoisotopic (exact) mass is 329 g/mol. The first-order valence-corrected chi connectivity index (χ1v) is 8.09. The average molecular weight is 329 g/mol. The Balaban J connectivity index is 1.92. The van der Waals surface area contributed by atoms with Gasteiger partial charge in [-0.15, -0.1) is 0 Å². The zero-order valence-electron chi connectivity index (χ0n) is 14.0. The highest BCUT2D eigenvalue weighted by Gasteiger charge is 2.11. The molecule has 2 N–H and O–H groups in total. The quantitative estimate of drug-likeness (QED) is 0.781. The highest BCUT2D eigenvalue weighted by molar-refractivity contribution is 6.03.